The van der Waals surface area contributed by atoms with Crippen LogP contribution in [0.25, 0.3) is 0 Å². The van der Waals surface area contributed by atoms with E-state index in [-0.39, 0.29) is 11.7 Å². The quantitative estimate of drug-likeness (QED) is 0.521. The summed E-state index contributed by atoms with van der Waals surface area (Å²) in [5.74, 6) is 0.0481. The summed E-state index contributed by atoms with van der Waals surface area (Å²) in [4.78, 5) is 16.4. The van der Waals surface area contributed by atoms with E-state index in [1.807, 2.05) is 19.9 Å². The van der Waals surface area contributed by atoms with Gasteiger partial charge in [-0.2, -0.15) is 0 Å². The largest absolute Gasteiger partial charge is 0.383 e. The molecule has 0 saturated carbocycles. The van der Waals surface area contributed by atoms with Crippen LogP contribution in [0.4, 0.5) is 10.9 Å². The lowest BCUT2D eigenvalue weighted by Gasteiger charge is -2.00. The highest BCUT2D eigenvalue weighted by molar-refractivity contribution is 7.18. The second kappa shape index (κ2) is 7.75. The molecule has 1 aromatic rings. The summed E-state index contributed by atoms with van der Waals surface area (Å²) in [5, 5.41) is 6.45. The van der Waals surface area contributed by atoms with Gasteiger partial charge in [-0.15, -0.1) is 0 Å². The number of thiazole rings is 1. The van der Waals surface area contributed by atoms with Gasteiger partial charge in [0.1, 0.15) is 10.7 Å². The molecule has 0 aliphatic heterocycles. The van der Waals surface area contributed by atoms with Crippen molar-refractivity contribution in [3.63, 3.8) is 0 Å². The average Bonchev–Trinajstić information content (AvgIpc) is 2.70. The minimum Gasteiger partial charge on any atom is -0.383 e. The van der Waals surface area contributed by atoms with Crippen molar-refractivity contribution in [1.82, 2.24) is 10.3 Å². The van der Waals surface area contributed by atoms with Crippen LogP contribution >= 0.6 is 11.3 Å². The second-order valence-corrected chi connectivity index (χ2v) is 5.14. The molecule has 4 N–H and O–H groups in total. The van der Waals surface area contributed by atoms with Gasteiger partial charge < -0.3 is 21.1 Å². The standard InChI is InChI=1S/C12H20N4O2S/c1-8(2)4-5-14-11(17)9-10(13)16-12(19-9)15-6-7-18-3/h4H,5-7,13H2,1-3H3,(H,14,17)(H,15,16). The van der Waals surface area contributed by atoms with Gasteiger partial charge >= 0.3 is 0 Å². The summed E-state index contributed by atoms with van der Waals surface area (Å²) in [7, 11) is 1.63. The highest BCUT2D eigenvalue weighted by Gasteiger charge is 2.15. The van der Waals surface area contributed by atoms with Crippen LogP contribution in [0.2, 0.25) is 0 Å². The number of nitrogens with one attached hydrogen (secondary N) is 2. The molecule has 106 valence electrons. The van der Waals surface area contributed by atoms with Crippen LogP contribution in [0.3, 0.4) is 0 Å². The van der Waals surface area contributed by atoms with Crippen LogP contribution in [0.5, 0.6) is 0 Å². The van der Waals surface area contributed by atoms with Gasteiger partial charge in [0.2, 0.25) is 0 Å². The second-order valence-electron chi connectivity index (χ2n) is 4.14. The third-order valence-electron chi connectivity index (χ3n) is 2.21. The Hall–Kier alpha value is -1.60. The molecule has 0 aliphatic rings. The number of hydrogen-bond acceptors (Lipinski definition) is 6. The molecule has 6 nitrogen and oxygen atoms in total. The number of aromatic nitrogens is 1. The lowest BCUT2D eigenvalue weighted by molar-refractivity contribution is 0.0962. The first-order valence-corrected chi connectivity index (χ1v) is 6.77. The fraction of sp³-hybridized carbons (Fsp3) is 0.500. The van der Waals surface area contributed by atoms with Crippen LogP contribution < -0.4 is 16.4 Å². The smallest absolute Gasteiger partial charge is 0.265 e. The number of rotatable bonds is 7. The van der Waals surface area contributed by atoms with E-state index in [9.17, 15) is 4.79 Å². The Morgan fingerprint density at radius 3 is 2.89 bits per heavy atom. The van der Waals surface area contributed by atoms with Gasteiger partial charge in [-0.3, -0.25) is 4.79 Å². The number of anilines is 2. The Bertz CT molecular complexity index is 453. The summed E-state index contributed by atoms with van der Waals surface area (Å²) in [6.07, 6.45) is 1.94. The zero-order valence-corrected chi connectivity index (χ0v) is 12.3. The molecule has 0 bridgehead atoms. The summed E-state index contributed by atoms with van der Waals surface area (Å²) >= 11 is 1.24. The van der Waals surface area contributed by atoms with Gasteiger partial charge in [0.05, 0.1) is 6.61 Å². The molecule has 7 heteroatoms. The Balaban J connectivity index is 2.57. The Morgan fingerprint density at radius 1 is 1.53 bits per heavy atom. The first-order chi connectivity index (χ1) is 9.04. The molecule has 0 spiro atoms. The SMILES string of the molecule is COCCNc1nc(N)c(C(=O)NCC=C(C)C)s1. The minimum absolute atomic E-state index is 0.202. The van der Waals surface area contributed by atoms with E-state index >= 15 is 0 Å². The molecule has 0 atom stereocenters. The van der Waals surface area contributed by atoms with Crippen molar-refractivity contribution < 1.29 is 9.53 Å². The predicted octanol–water partition coefficient (Wildman–Crippen LogP) is 1.48. The molecule has 0 saturated heterocycles. The first-order valence-electron chi connectivity index (χ1n) is 5.95. The zero-order valence-electron chi connectivity index (χ0n) is 11.4. The van der Waals surface area contributed by atoms with Gasteiger partial charge in [0.25, 0.3) is 5.91 Å². The van der Waals surface area contributed by atoms with Crippen molar-refractivity contribution in [2.75, 3.05) is 37.9 Å². The van der Waals surface area contributed by atoms with E-state index in [0.29, 0.717) is 29.7 Å². The van der Waals surface area contributed by atoms with Crippen LogP contribution in [0, 0.1) is 0 Å². The monoisotopic (exact) mass is 284 g/mol. The molecule has 0 unspecified atom stereocenters. The van der Waals surface area contributed by atoms with Crippen molar-refractivity contribution in [2.24, 2.45) is 0 Å². The van der Waals surface area contributed by atoms with E-state index in [0.717, 1.165) is 5.57 Å². The van der Waals surface area contributed by atoms with Gasteiger partial charge in [-0.25, -0.2) is 4.98 Å². The molecule has 0 radical (unpaired) electrons. The van der Waals surface area contributed by atoms with Crippen molar-refractivity contribution in [2.45, 2.75) is 13.8 Å². The number of amides is 1. The van der Waals surface area contributed by atoms with E-state index < -0.39 is 0 Å². The fourth-order valence-corrected chi connectivity index (χ4v) is 2.09. The molecule has 1 rings (SSSR count). The van der Waals surface area contributed by atoms with Crippen LogP contribution in [-0.4, -0.2) is 37.7 Å². The first kappa shape index (κ1) is 15.5. The molecule has 0 aromatic carbocycles. The van der Waals surface area contributed by atoms with Crippen LogP contribution in [0.1, 0.15) is 23.5 Å². The number of carbonyl (C=O) groups is 1. The molecular weight excluding hydrogens is 264 g/mol. The summed E-state index contributed by atoms with van der Waals surface area (Å²) < 4.78 is 4.92. The number of nitrogen functional groups attached to an aromatic ring is 1. The van der Waals surface area contributed by atoms with E-state index in [2.05, 4.69) is 15.6 Å². The Labute approximate surface area is 117 Å². The third kappa shape index (κ3) is 5.27. The number of hydrogen-bond donors (Lipinski definition) is 3. The number of carbonyl (C=O) groups excluding carboxylic acids is 1. The maximum Gasteiger partial charge on any atom is 0.265 e. The topological polar surface area (TPSA) is 89.3 Å². The number of nitrogens with zero attached hydrogens (tertiary/aromatic N) is 1. The van der Waals surface area contributed by atoms with Gasteiger partial charge in [-0.1, -0.05) is 23.0 Å². The van der Waals surface area contributed by atoms with Gasteiger partial charge in [0.15, 0.2) is 5.13 Å². The van der Waals surface area contributed by atoms with Crippen molar-refractivity contribution in [3.05, 3.63) is 16.5 Å². The van der Waals surface area contributed by atoms with Crippen LogP contribution in [0.15, 0.2) is 11.6 Å². The number of methoxy groups -OCH3 is 1. The highest BCUT2D eigenvalue weighted by Crippen LogP contribution is 2.24. The van der Waals surface area contributed by atoms with E-state index in [1.165, 1.54) is 11.3 Å². The molecule has 0 fully saturated rings. The Kier molecular flexibility index (Phi) is 6.31. The summed E-state index contributed by atoms with van der Waals surface area (Å²) in [6, 6.07) is 0. The van der Waals surface area contributed by atoms with Crippen molar-refractivity contribution >= 4 is 28.2 Å². The predicted molar refractivity (Wildman–Crippen MR) is 78.7 cm³/mol. The zero-order chi connectivity index (χ0) is 14.3. The molecule has 0 aliphatic carbocycles. The number of nitrogens with two attached hydrogens (primary N) is 1. The van der Waals surface area contributed by atoms with Gasteiger partial charge in [0, 0.05) is 20.2 Å². The van der Waals surface area contributed by atoms with Gasteiger partial charge in [-0.05, 0) is 13.8 Å². The molecule has 19 heavy (non-hydrogen) atoms. The molecule has 1 heterocycles. The lowest BCUT2D eigenvalue weighted by atomic mass is 10.3. The maximum atomic E-state index is 11.9. The number of allylic oxidation sites excluding steroid dienone is 1. The molecule has 1 aromatic heterocycles. The normalized spacial score (nSPS) is 10.1. The average molecular weight is 284 g/mol. The summed E-state index contributed by atoms with van der Waals surface area (Å²) in [5.41, 5.74) is 6.88. The minimum atomic E-state index is -0.202. The molecule has 1 amide bonds. The summed E-state index contributed by atoms with van der Waals surface area (Å²) in [6.45, 7) is 5.64. The third-order valence-corrected chi connectivity index (χ3v) is 3.24. The Morgan fingerprint density at radius 2 is 2.26 bits per heavy atom. The van der Waals surface area contributed by atoms with Crippen molar-refractivity contribution in [3.8, 4) is 0 Å². The maximum absolute atomic E-state index is 11.9. The fourth-order valence-electron chi connectivity index (χ4n) is 1.26. The lowest BCUT2D eigenvalue weighted by Crippen LogP contribution is -2.23. The molecular formula is C12H20N4O2S. The van der Waals surface area contributed by atoms with E-state index in [4.69, 9.17) is 10.5 Å². The highest BCUT2D eigenvalue weighted by atomic mass is 32.1. The number of ether oxygens (including phenoxy) is 1. The van der Waals surface area contributed by atoms with E-state index in [1.54, 1.807) is 7.11 Å². The van der Waals surface area contributed by atoms with Crippen molar-refractivity contribution in [1.29, 1.82) is 0 Å². The van der Waals surface area contributed by atoms with Crippen LogP contribution in [-0.2, 0) is 4.74 Å².